The smallest absolute Gasteiger partial charge is 0.191 e. The van der Waals surface area contributed by atoms with Crippen LogP contribution in [0.25, 0.3) is 0 Å². The molecule has 1 aromatic rings. The van der Waals surface area contributed by atoms with Crippen LogP contribution >= 0.6 is 35.3 Å². The van der Waals surface area contributed by atoms with Crippen LogP contribution in [0.1, 0.15) is 32.1 Å². The van der Waals surface area contributed by atoms with Gasteiger partial charge in [-0.05, 0) is 24.8 Å². The first-order valence-electron chi connectivity index (χ1n) is 8.22. The second-order valence-corrected chi connectivity index (χ2v) is 7.60. The van der Waals surface area contributed by atoms with Crippen LogP contribution in [0.4, 0.5) is 0 Å². The van der Waals surface area contributed by atoms with Gasteiger partial charge in [0.05, 0.1) is 19.3 Å². The minimum Gasteiger partial charge on any atom is -0.379 e. The van der Waals surface area contributed by atoms with E-state index in [-0.39, 0.29) is 41.5 Å². The van der Waals surface area contributed by atoms with E-state index in [1.54, 1.807) is 18.4 Å². The summed E-state index contributed by atoms with van der Waals surface area (Å²) in [7, 11) is 1.80. The van der Waals surface area contributed by atoms with Crippen LogP contribution < -0.4 is 10.6 Å². The summed E-state index contributed by atoms with van der Waals surface area (Å²) in [6.07, 6.45) is 1.24. The molecule has 1 fully saturated rings. The number of nitrogens with one attached hydrogen (secondary N) is 2. The fraction of sp³-hybridized carbons (Fsp3) is 0.706. The van der Waals surface area contributed by atoms with Crippen molar-refractivity contribution in [2.45, 2.75) is 44.8 Å². The molecule has 2 heterocycles. The summed E-state index contributed by atoms with van der Waals surface area (Å²) in [6, 6.07) is 4.48. The first kappa shape index (κ1) is 21.7. The molecule has 1 aromatic heterocycles. The Bertz CT molecular complexity index is 488. The summed E-state index contributed by atoms with van der Waals surface area (Å²) in [5.74, 6) is 0.813. The summed E-state index contributed by atoms with van der Waals surface area (Å²) >= 11 is 1.79. The molecule has 5 nitrogen and oxygen atoms in total. The Balaban J connectivity index is 0.00000288. The zero-order valence-electron chi connectivity index (χ0n) is 15.0. The van der Waals surface area contributed by atoms with Crippen molar-refractivity contribution in [1.82, 2.24) is 10.6 Å². The molecule has 7 heteroatoms. The van der Waals surface area contributed by atoms with Crippen LogP contribution in [0, 0.1) is 0 Å². The maximum absolute atomic E-state index is 5.85. The second kappa shape index (κ2) is 10.6. The van der Waals surface area contributed by atoms with Gasteiger partial charge in [0.2, 0.25) is 0 Å². The van der Waals surface area contributed by atoms with Crippen molar-refractivity contribution < 1.29 is 9.47 Å². The number of nitrogens with zero attached hydrogens (tertiary/aromatic N) is 1. The van der Waals surface area contributed by atoms with Gasteiger partial charge in [-0.25, -0.2) is 0 Å². The Morgan fingerprint density at radius 3 is 2.92 bits per heavy atom. The zero-order valence-corrected chi connectivity index (χ0v) is 18.1. The van der Waals surface area contributed by atoms with Crippen LogP contribution in [0.5, 0.6) is 0 Å². The van der Waals surface area contributed by atoms with Gasteiger partial charge in [-0.1, -0.05) is 19.9 Å². The van der Waals surface area contributed by atoms with Gasteiger partial charge < -0.3 is 20.1 Å². The van der Waals surface area contributed by atoms with Gasteiger partial charge in [-0.2, -0.15) is 0 Å². The van der Waals surface area contributed by atoms with E-state index >= 15 is 0 Å². The van der Waals surface area contributed by atoms with E-state index in [0.717, 1.165) is 25.5 Å². The molecule has 0 saturated carbocycles. The highest BCUT2D eigenvalue weighted by molar-refractivity contribution is 14.0. The van der Waals surface area contributed by atoms with Crippen molar-refractivity contribution in [3.8, 4) is 0 Å². The predicted molar refractivity (Wildman–Crippen MR) is 112 cm³/mol. The maximum atomic E-state index is 5.85. The molecular weight excluding hydrogens is 437 g/mol. The SMILES string of the molecule is CN=C(NCC(C)(C)c1cccs1)NC(C)COC1CCOC1.I. The lowest BCUT2D eigenvalue weighted by atomic mass is 9.91. The molecule has 0 amide bonds. The van der Waals surface area contributed by atoms with E-state index < -0.39 is 0 Å². The predicted octanol–water partition coefficient (Wildman–Crippen LogP) is 3.00. The third-order valence-electron chi connectivity index (χ3n) is 3.96. The highest BCUT2D eigenvalue weighted by atomic mass is 127. The number of halogens is 1. The average molecular weight is 467 g/mol. The van der Waals surface area contributed by atoms with Crippen LogP contribution in [-0.4, -0.2) is 51.5 Å². The Morgan fingerprint density at radius 1 is 1.54 bits per heavy atom. The number of hydrogen-bond acceptors (Lipinski definition) is 4. The Kier molecular flexibility index (Phi) is 9.54. The van der Waals surface area contributed by atoms with Crippen molar-refractivity contribution in [1.29, 1.82) is 0 Å². The second-order valence-electron chi connectivity index (χ2n) is 6.65. The lowest BCUT2D eigenvalue weighted by Crippen LogP contribution is -2.47. The monoisotopic (exact) mass is 467 g/mol. The minimum absolute atomic E-state index is 0. The first-order valence-corrected chi connectivity index (χ1v) is 9.10. The quantitative estimate of drug-likeness (QED) is 0.368. The van der Waals surface area contributed by atoms with Crippen molar-refractivity contribution >= 4 is 41.3 Å². The van der Waals surface area contributed by atoms with Gasteiger partial charge in [-0.3, -0.25) is 4.99 Å². The standard InChI is InChI=1S/C17H29N3O2S.HI/c1-13(10-22-14-7-8-21-11-14)20-16(18-4)19-12-17(2,3)15-6-5-9-23-15;/h5-6,9,13-14H,7-8,10-12H2,1-4H3,(H2,18,19,20);1H. The molecule has 2 atom stereocenters. The molecule has 0 aliphatic carbocycles. The third kappa shape index (κ3) is 6.85. The van der Waals surface area contributed by atoms with E-state index in [4.69, 9.17) is 9.47 Å². The molecule has 0 radical (unpaired) electrons. The summed E-state index contributed by atoms with van der Waals surface area (Å²) in [5.41, 5.74) is 0.0761. The summed E-state index contributed by atoms with van der Waals surface area (Å²) < 4.78 is 11.2. The van der Waals surface area contributed by atoms with Crippen LogP contribution in [0.2, 0.25) is 0 Å². The van der Waals surface area contributed by atoms with Gasteiger partial charge in [0.15, 0.2) is 5.96 Å². The lowest BCUT2D eigenvalue weighted by molar-refractivity contribution is 0.0347. The topological polar surface area (TPSA) is 54.9 Å². The van der Waals surface area contributed by atoms with E-state index in [0.29, 0.717) is 13.2 Å². The zero-order chi connectivity index (χ0) is 16.7. The highest BCUT2D eigenvalue weighted by Gasteiger charge is 2.22. The first-order chi connectivity index (χ1) is 11.0. The molecule has 2 N–H and O–H groups in total. The number of rotatable bonds is 7. The molecule has 1 aliphatic rings. The Hall–Kier alpha value is -0.380. The van der Waals surface area contributed by atoms with Crippen molar-refractivity contribution in [2.24, 2.45) is 4.99 Å². The number of guanidine groups is 1. The summed E-state index contributed by atoms with van der Waals surface area (Å²) in [6.45, 7) is 9.60. The molecule has 0 bridgehead atoms. The van der Waals surface area contributed by atoms with Crippen molar-refractivity contribution in [3.05, 3.63) is 22.4 Å². The fourth-order valence-electron chi connectivity index (χ4n) is 2.45. The van der Waals surface area contributed by atoms with E-state index in [9.17, 15) is 0 Å². The number of thiophene rings is 1. The number of ether oxygens (including phenoxy) is 2. The van der Waals surface area contributed by atoms with Gasteiger partial charge in [-0.15, -0.1) is 35.3 Å². The molecule has 2 unspecified atom stereocenters. The van der Waals surface area contributed by atoms with Gasteiger partial charge >= 0.3 is 0 Å². The molecule has 0 aromatic carbocycles. The molecule has 24 heavy (non-hydrogen) atoms. The van der Waals surface area contributed by atoms with Crippen LogP contribution in [0.15, 0.2) is 22.5 Å². The molecule has 1 aliphatic heterocycles. The number of aliphatic imine (C=N–C) groups is 1. The van der Waals surface area contributed by atoms with Crippen LogP contribution in [0.3, 0.4) is 0 Å². The van der Waals surface area contributed by atoms with Gasteiger partial charge in [0.25, 0.3) is 0 Å². The summed E-state index contributed by atoms with van der Waals surface area (Å²) in [4.78, 5) is 5.68. The minimum atomic E-state index is 0. The van der Waals surface area contributed by atoms with Gasteiger partial charge in [0, 0.05) is 36.5 Å². The average Bonchev–Trinajstić information content (AvgIpc) is 3.22. The normalized spacial score (nSPS) is 19.7. The van der Waals surface area contributed by atoms with E-state index in [1.165, 1.54) is 4.88 Å². The molecule has 2 rings (SSSR count). The Morgan fingerprint density at radius 2 is 2.33 bits per heavy atom. The van der Waals surface area contributed by atoms with Crippen molar-refractivity contribution in [2.75, 3.05) is 33.4 Å². The third-order valence-corrected chi connectivity index (χ3v) is 5.20. The van der Waals surface area contributed by atoms with E-state index in [2.05, 4.69) is 53.9 Å². The molecule has 138 valence electrons. The number of hydrogen-bond donors (Lipinski definition) is 2. The fourth-order valence-corrected chi connectivity index (χ4v) is 3.30. The molecular formula is C17H30IN3O2S. The maximum Gasteiger partial charge on any atom is 0.191 e. The van der Waals surface area contributed by atoms with Gasteiger partial charge in [0.1, 0.15) is 0 Å². The van der Waals surface area contributed by atoms with Crippen LogP contribution in [-0.2, 0) is 14.9 Å². The highest BCUT2D eigenvalue weighted by Crippen LogP contribution is 2.26. The lowest BCUT2D eigenvalue weighted by Gasteiger charge is -2.26. The van der Waals surface area contributed by atoms with Crippen molar-refractivity contribution in [3.63, 3.8) is 0 Å². The molecule has 1 saturated heterocycles. The molecule has 0 spiro atoms. The summed E-state index contributed by atoms with van der Waals surface area (Å²) in [5, 5.41) is 8.93. The van der Waals surface area contributed by atoms with E-state index in [1.807, 2.05) is 0 Å². The largest absolute Gasteiger partial charge is 0.379 e. The Labute approximate surface area is 166 Å².